The van der Waals surface area contributed by atoms with Crippen molar-refractivity contribution in [3.8, 4) is 0 Å². The van der Waals surface area contributed by atoms with E-state index >= 15 is 0 Å². The zero-order chi connectivity index (χ0) is 13.0. The highest BCUT2D eigenvalue weighted by molar-refractivity contribution is 7.99. The molecule has 2 fully saturated rings. The molecule has 0 radical (unpaired) electrons. The molecule has 1 aliphatic heterocycles. The van der Waals surface area contributed by atoms with Gasteiger partial charge >= 0.3 is 5.97 Å². The minimum Gasteiger partial charge on any atom is -0.481 e. The maximum Gasteiger partial charge on any atom is 0.306 e. The molecular weight excluding hydrogens is 252 g/mol. The van der Waals surface area contributed by atoms with Crippen molar-refractivity contribution in [2.24, 2.45) is 5.92 Å². The Morgan fingerprint density at radius 1 is 1.22 bits per heavy atom. The molecule has 0 atom stereocenters. The molecule has 0 bridgehead atoms. The second-order valence-electron chi connectivity index (χ2n) is 5.46. The zero-order valence-electron chi connectivity index (χ0n) is 10.6. The Labute approximate surface area is 112 Å². The summed E-state index contributed by atoms with van der Waals surface area (Å²) in [7, 11) is 0. The number of aliphatic carboxylic acids is 1. The summed E-state index contributed by atoms with van der Waals surface area (Å²) in [6, 6.07) is 0. The lowest BCUT2D eigenvalue weighted by Gasteiger charge is -2.35. The highest BCUT2D eigenvalue weighted by Crippen LogP contribution is 2.36. The molecule has 1 aliphatic carbocycles. The van der Waals surface area contributed by atoms with Gasteiger partial charge in [-0.05, 0) is 38.5 Å². The van der Waals surface area contributed by atoms with Crippen molar-refractivity contribution in [1.29, 1.82) is 0 Å². The number of ether oxygens (including phenoxy) is 1. The van der Waals surface area contributed by atoms with Gasteiger partial charge in [0.15, 0.2) is 0 Å². The molecule has 0 aromatic rings. The predicted octanol–water partition coefficient (Wildman–Crippen LogP) is 1.90. The fourth-order valence-corrected chi connectivity index (χ4v) is 4.02. The summed E-state index contributed by atoms with van der Waals surface area (Å²) < 4.78 is 5.32. The average molecular weight is 274 g/mol. The van der Waals surface area contributed by atoms with E-state index in [1.807, 2.05) is 11.8 Å². The number of hydrogen-bond acceptors (Lipinski definition) is 4. The maximum atomic E-state index is 10.9. The first-order valence-electron chi connectivity index (χ1n) is 6.74. The summed E-state index contributed by atoms with van der Waals surface area (Å²) in [5.74, 6) is -0.225. The number of carbonyl (C=O) groups is 1. The van der Waals surface area contributed by atoms with E-state index in [-0.39, 0.29) is 5.92 Å². The molecule has 2 rings (SSSR count). The van der Waals surface area contributed by atoms with Crippen LogP contribution in [0.4, 0.5) is 0 Å². The van der Waals surface area contributed by atoms with Crippen LogP contribution in [0, 0.1) is 5.92 Å². The second kappa shape index (κ2) is 6.26. The van der Waals surface area contributed by atoms with E-state index in [1.165, 1.54) is 0 Å². The van der Waals surface area contributed by atoms with Gasteiger partial charge in [-0.25, -0.2) is 0 Å². The molecule has 4 nitrogen and oxygen atoms in total. The smallest absolute Gasteiger partial charge is 0.306 e. The predicted molar refractivity (Wildman–Crippen MR) is 70.8 cm³/mol. The number of carboxylic acids is 1. The van der Waals surface area contributed by atoms with Crippen molar-refractivity contribution >= 4 is 17.7 Å². The Morgan fingerprint density at radius 3 is 2.39 bits per heavy atom. The summed E-state index contributed by atoms with van der Waals surface area (Å²) >= 11 is 1.83. The molecule has 0 aromatic carbocycles. The van der Waals surface area contributed by atoms with Gasteiger partial charge in [-0.2, -0.15) is 11.8 Å². The molecule has 0 aromatic heterocycles. The lowest BCUT2D eigenvalue weighted by Crippen LogP contribution is -2.39. The molecule has 2 N–H and O–H groups in total. The third kappa shape index (κ3) is 3.87. The molecule has 1 saturated carbocycles. The summed E-state index contributed by atoms with van der Waals surface area (Å²) in [6.45, 7) is 1.66. The van der Waals surface area contributed by atoms with E-state index in [2.05, 4.69) is 0 Å². The fraction of sp³-hybridized carbons (Fsp3) is 0.923. The van der Waals surface area contributed by atoms with Crippen LogP contribution in [0.1, 0.15) is 38.5 Å². The molecular formula is C13H22O4S. The van der Waals surface area contributed by atoms with Crippen LogP contribution in [-0.2, 0) is 9.53 Å². The van der Waals surface area contributed by atoms with Crippen LogP contribution >= 0.6 is 11.8 Å². The molecule has 1 saturated heterocycles. The summed E-state index contributed by atoms with van der Waals surface area (Å²) in [5, 5.41) is 20.0. The molecule has 1 heterocycles. The Balaban J connectivity index is 1.73. The standard InChI is InChI=1S/C13H22O4S/c14-12(15)10-1-5-13(16,6-2-10)9-18-11-3-7-17-8-4-11/h10-11,16H,1-9H2,(H,14,15). The fourth-order valence-electron chi connectivity index (χ4n) is 2.66. The second-order valence-corrected chi connectivity index (χ2v) is 6.75. The first-order valence-corrected chi connectivity index (χ1v) is 7.78. The van der Waals surface area contributed by atoms with Gasteiger partial charge in [0.25, 0.3) is 0 Å². The van der Waals surface area contributed by atoms with Crippen molar-refractivity contribution in [1.82, 2.24) is 0 Å². The number of aliphatic hydroxyl groups is 1. The Hall–Kier alpha value is -0.260. The molecule has 0 spiro atoms. The van der Waals surface area contributed by atoms with Gasteiger partial charge in [0.05, 0.1) is 11.5 Å². The van der Waals surface area contributed by atoms with E-state index in [9.17, 15) is 9.90 Å². The first-order chi connectivity index (χ1) is 8.59. The van der Waals surface area contributed by atoms with Gasteiger partial charge in [0.2, 0.25) is 0 Å². The number of carboxylic acid groups (broad SMARTS) is 1. The molecule has 2 aliphatic rings. The van der Waals surface area contributed by atoms with Gasteiger partial charge in [-0.3, -0.25) is 4.79 Å². The van der Waals surface area contributed by atoms with E-state index in [0.717, 1.165) is 31.8 Å². The monoisotopic (exact) mass is 274 g/mol. The highest BCUT2D eigenvalue weighted by atomic mass is 32.2. The minimum absolute atomic E-state index is 0.252. The average Bonchev–Trinajstić information content (AvgIpc) is 2.38. The Morgan fingerprint density at radius 2 is 1.83 bits per heavy atom. The van der Waals surface area contributed by atoms with Crippen molar-refractivity contribution in [2.45, 2.75) is 49.4 Å². The Kier molecular flexibility index (Phi) is 4.92. The largest absolute Gasteiger partial charge is 0.481 e. The van der Waals surface area contributed by atoms with Crippen LogP contribution in [-0.4, -0.2) is 46.0 Å². The van der Waals surface area contributed by atoms with E-state index in [1.54, 1.807) is 0 Å². The summed E-state index contributed by atoms with van der Waals surface area (Å²) in [4.78, 5) is 10.9. The number of thioether (sulfide) groups is 1. The van der Waals surface area contributed by atoms with Crippen molar-refractivity contribution in [2.75, 3.05) is 19.0 Å². The van der Waals surface area contributed by atoms with Crippen LogP contribution in [0.5, 0.6) is 0 Å². The molecule has 0 amide bonds. The van der Waals surface area contributed by atoms with E-state index < -0.39 is 11.6 Å². The Bertz CT molecular complexity index is 281. The zero-order valence-corrected chi connectivity index (χ0v) is 11.5. The van der Waals surface area contributed by atoms with E-state index in [4.69, 9.17) is 9.84 Å². The lowest BCUT2D eigenvalue weighted by molar-refractivity contribution is -0.144. The van der Waals surface area contributed by atoms with Gasteiger partial charge < -0.3 is 14.9 Å². The maximum absolute atomic E-state index is 10.9. The number of rotatable bonds is 4. The van der Waals surface area contributed by atoms with Crippen LogP contribution in [0.25, 0.3) is 0 Å². The van der Waals surface area contributed by atoms with Gasteiger partial charge in [-0.15, -0.1) is 0 Å². The SMILES string of the molecule is O=C(O)C1CCC(O)(CSC2CCOCC2)CC1. The topological polar surface area (TPSA) is 66.8 Å². The van der Waals surface area contributed by atoms with Gasteiger partial charge in [0, 0.05) is 24.2 Å². The normalized spacial score (nSPS) is 34.4. The van der Waals surface area contributed by atoms with Crippen molar-refractivity contribution < 1.29 is 19.7 Å². The van der Waals surface area contributed by atoms with Crippen molar-refractivity contribution in [3.63, 3.8) is 0 Å². The van der Waals surface area contributed by atoms with Gasteiger partial charge in [0.1, 0.15) is 0 Å². The quantitative estimate of drug-likeness (QED) is 0.819. The third-order valence-corrected chi connectivity index (χ3v) is 5.67. The third-order valence-electron chi connectivity index (χ3n) is 4.02. The first kappa shape index (κ1) is 14.2. The lowest BCUT2D eigenvalue weighted by atomic mass is 9.80. The van der Waals surface area contributed by atoms with Crippen LogP contribution in [0.2, 0.25) is 0 Å². The van der Waals surface area contributed by atoms with Crippen LogP contribution in [0.3, 0.4) is 0 Å². The molecule has 0 unspecified atom stereocenters. The van der Waals surface area contributed by atoms with Crippen molar-refractivity contribution in [3.05, 3.63) is 0 Å². The van der Waals surface area contributed by atoms with Gasteiger partial charge in [-0.1, -0.05) is 0 Å². The number of hydrogen-bond donors (Lipinski definition) is 2. The molecule has 104 valence electrons. The highest BCUT2D eigenvalue weighted by Gasteiger charge is 2.36. The van der Waals surface area contributed by atoms with Crippen LogP contribution in [0.15, 0.2) is 0 Å². The summed E-state index contributed by atoms with van der Waals surface area (Å²) in [5.41, 5.74) is -0.644. The molecule has 5 heteroatoms. The van der Waals surface area contributed by atoms with Crippen LogP contribution < -0.4 is 0 Å². The van der Waals surface area contributed by atoms with E-state index in [0.29, 0.717) is 30.9 Å². The molecule has 18 heavy (non-hydrogen) atoms. The minimum atomic E-state index is -0.714. The summed E-state index contributed by atoms with van der Waals surface area (Å²) in [6.07, 6.45) is 4.61.